The van der Waals surface area contributed by atoms with Crippen LogP contribution in [0.15, 0.2) is 12.4 Å². The molecule has 1 spiro atoms. The van der Waals surface area contributed by atoms with Crippen LogP contribution >= 0.6 is 0 Å². The van der Waals surface area contributed by atoms with E-state index in [-0.39, 0.29) is 11.7 Å². The number of ether oxygens (including phenoxy) is 2. The van der Waals surface area contributed by atoms with Crippen LogP contribution in [0.5, 0.6) is 5.75 Å². The van der Waals surface area contributed by atoms with E-state index in [9.17, 15) is 0 Å². The van der Waals surface area contributed by atoms with Gasteiger partial charge in [-0.2, -0.15) is 5.10 Å². The minimum absolute atomic E-state index is 0.216. The first-order chi connectivity index (χ1) is 10.7. The number of aryl methyl sites for hydroxylation is 1. The Hall–Kier alpha value is -1.07. The topological polar surface area (TPSA) is 48.3 Å². The molecule has 2 aliphatic carbocycles. The van der Waals surface area contributed by atoms with Crippen molar-refractivity contribution in [3.63, 3.8) is 0 Å². The summed E-state index contributed by atoms with van der Waals surface area (Å²) in [5, 5.41) is 8.08. The van der Waals surface area contributed by atoms with Crippen molar-refractivity contribution in [3.05, 3.63) is 12.4 Å². The predicted octanol–water partition coefficient (Wildman–Crippen LogP) is 2.41. The third-order valence-electron chi connectivity index (χ3n) is 5.63. The van der Waals surface area contributed by atoms with E-state index in [1.165, 1.54) is 38.5 Å². The van der Waals surface area contributed by atoms with Crippen LogP contribution in [-0.2, 0) is 11.8 Å². The van der Waals surface area contributed by atoms with Crippen LogP contribution in [0.25, 0.3) is 0 Å². The van der Waals surface area contributed by atoms with Gasteiger partial charge in [-0.1, -0.05) is 0 Å². The zero-order valence-electron chi connectivity index (χ0n) is 13.5. The monoisotopic (exact) mass is 305 g/mol. The molecule has 2 saturated carbocycles. The summed E-state index contributed by atoms with van der Waals surface area (Å²) in [6.45, 7) is 0.915. The summed E-state index contributed by atoms with van der Waals surface area (Å²) >= 11 is 0. The first-order valence-electron chi connectivity index (χ1n) is 8.78. The zero-order valence-corrected chi connectivity index (χ0v) is 13.5. The molecule has 1 saturated heterocycles. The van der Waals surface area contributed by atoms with Gasteiger partial charge < -0.3 is 14.8 Å². The van der Waals surface area contributed by atoms with Crippen molar-refractivity contribution < 1.29 is 9.47 Å². The molecular formula is C17H27N3O2. The Labute approximate surface area is 132 Å². The van der Waals surface area contributed by atoms with Crippen molar-refractivity contribution >= 4 is 0 Å². The van der Waals surface area contributed by atoms with Crippen LogP contribution in [0.2, 0.25) is 0 Å². The highest BCUT2D eigenvalue weighted by Crippen LogP contribution is 2.42. The molecule has 4 rings (SSSR count). The van der Waals surface area contributed by atoms with Crippen molar-refractivity contribution in [2.24, 2.45) is 7.05 Å². The van der Waals surface area contributed by atoms with Gasteiger partial charge in [0.15, 0.2) is 5.75 Å². The summed E-state index contributed by atoms with van der Waals surface area (Å²) in [6, 6.07) is 1.07. The van der Waals surface area contributed by atoms with Gasteiger partial charge in [0.2, 0.25) is 0 Å². The molecule has 0 amide bonds. The van der Waals surface area contributed by atoms with Crippen LogP contribution < -0.4 is 10.1 Å². The number of nitrogens with one attached hydrogen (secondary N) is 1. The summed E-state index contributed by atoms with van der Waals surface area (Å²) in [4.78, 5) is 0. The summed E-state index contributed by atoms with van der Waals surface area (Å²) in [5.74, 6) is 0.892. The Kier molecular flexibility index (Phi) is 3.86. The normalized spacial score (nSPS) is 33.8. The Morgan fingerprint density at radius 2 is 2.23 bits per heavy atom. The summed E-state index contributed by atoms with van der Waals surface area (Å²) in [6.07, 6.45) is 13.8. The number of rotatable bonds is 4. The average molecular weight is 305 g/mol. The molecule has 1 aromatic heterocycles. The molecule has 0 bridgehead atoms. The maximum absolute atomic E-state index is 6.17. The van der Waals surface area contributed by atoms with Crippen molar-refractivity contribution in [2.75, 3.05) is 6.61 Å². The second kappa shape index (κ2) is 5.85. The largest absolute Gasteiger partial charge is 0.486 e. The van der Waals surface area contributed by atoms with Gasteiger partial charge in [-0.3, -0.25) is 4.68 Å². The maximum atomic E-state index is 6.17. The van der Waals surface area contributed by atoms with Crippen molar-refractivity contribution in [1.29, 1.82) is 0 Å². The van der Waals surface area contributed by atoms with E-state index < -0.39 is 0 Å². The number of aromatic nitrogens is 2. The molecule has 0 aromatic carbocycles. The van der Waals surface area contributed by atoms with E-state index in [2.05, 4.69) is 10.4 Å². The van der Waals surface area contributed by atoms with Gasteiger partial charge in [-0.15, -0.1) is 0 Å². The molecule has 1 unspecified atom stereocenters. The lowest BCUT2D eigenvalue weighted by atomic mass is 9.74. The molecule has 5 nitrogen and oxygen atoms in total. The minimum atomic E-state index is 0.216. The lowest BCUT2D eigenvalue weighted by molar-refractivity contribution is -0.136. The first-order valence-corrected chi connectivity index (χ1v) is 8.78. The highest BCUT2D eigenvalue weighted by atomic mass is 16.5. The van der Waals surface area contributed by atoms with E-state index >= 15 is 0 Å². The quantitative estimate of drug-likeness (QED) is 0.928. The summed E-state index contributed by atoms with van der Waals surface area (Å²) in [7, 11) is 1.93. The lowest BCUT2D eigenvalue weighted by Crippen LogP contribution is -2.54. The standard InChI is InChI=1S/C17H27N3O2/c1-20-12-14(11-18-20)22-16-5-2-4-15(16)19-13-6-9-21-17(10-13)7-3-8-17/h11-13,15-16,19H,2-10H2,1H3/t13?,15-,16+/m0/s1. The van der Waals surface area contributed by atoms with Crippen LogP contribution in [0.1, 0.15) is 51.4 Å². The number of nitrogens with zero attached hydrogens (tertiary/aromatic N) is 2. The van der Waals surface area contributed by atoms with E-state index in [1.807, 2.05) is 19.4 Å². The van der Waals surface area contributed by atoms with E-state index in [1.54, 1.807) is 4.68 Å². The summed E-state index contributed by atoms with van der Waals surface area (Å²) < 4.78 is 14.0. The zero-order chi connectivity index (χ0) is 15.0. The van der Waals surface area contributed by atoms with Crippen molar-refractivity contribution in [3.8, 4) is 5.75 Å². The highest BCUT2D eigenvalue weighted by molar-refractivity contribution is 5.13. The SMILES string of the molecule is Cn1cc(O[C@@H]2CCC[C@@H]2NC2CCOC3(CCC3)C2)cn1. The van der Waals surface area contributed by atoms with E-state index in [4.69, 9.17) is 9.47 Å². The van der Waals surface area contributed by atoms with E-state index in [0.717, 1.165) is 25.2 Å². The molecular weight excluding hydrogens is 278 g/mol. The summed E-state index contributed by atoms with van der Waals surface area (Å²) in [5.41, 5.74) is 0.216. The Balaban J connectivity index is 1.34. The third kappa shape index (κ3) is 2.88. The van der Waals surface area contributed by atoms with Gasteiger partial charge in [0.05, 0.1) is 18.0 Å². The number of hydrogen-bond donors (Lipinski definition) is 1. The van der Waals surface area contributed by atoms with Gasteiger partial charge >= 0.3 is 0 Å². The molecule has 1 aliphatic heterocycles. The second-order valence-corrected chi connectivity index (χ2v) is 7.28. The molecule has 122 valence electrons. The Bertz CT molecular complexity index is 512. The highest BCUT2D eigenvalue weighted by Gasteiger charge is 2.43. The van der Waals surface area contributed by atoms with Crippen LogP contribution in [0.4, 0.5) is 0 Å². The number of hydrogen-bond acceptors (Lipinski definition) is 4. The molecule has 3 aliphatic rings. The maximum Gasteiger partial charge on any atom is 0.157 e. The fraction of sp³-hybridized carbons (Fsp3) is 0.824. The molecule has 5 heteroatoms. The molecule has 22 heavy (non-hydrogen) atoms. The minimum Gasteiger partial charge on any atom is -0.486 e. The van der Waals surface area contributed by atoms with Gasteiger partial charge in [-0.25, -0.2) is 0 Å². The smallest absolute Gasteiger partial charge is 0.157 e. The Morgan fingerprint density at radius 1 is 1.32 bits per heavy atom. The molecule has 0 radical (unpaired) electrons. The molecule has 3 atom stereocenters. The fourth-order valence-corrected chi connectivity index (χ4v) is 4.28. The Morgan fingerprint density at radius 3 is 2.95 bits per heavy atom. The molecule has 3 fully saturated rings. The average Bonchev–Trinajstić information content (AvgIpc) is 3.08. The van der Waals surface area contributed by atoms with Crippen LogP contribution in [0.3, 0.4) is 0 Å². The predicted molar refractivity (Wildman–Crippen MR) is 84.0 cm³/mol. The second-order valence-electron chi connectivity index (χ2n) is 7.28. The van der Waals surface area contributed by atoms with Gasteiger partial charge in [0, 0.05) is 25.7 Å². The molecule has 2 heterocycles. The fourth-order valence-electron chi connectivity index (χ4n) is 4.28. The third-order valence-corrected chi connectivity index (χ3v) is 5.63. The van der Waals surface area contributed by atoms with Gasteiger partial charge in [-0.05, 0) is 51.4 Å². The first kappa shape index (κ1) is 14.5. The van der Waals surface area contributed by atoms with Crippen LogP contribution in [0, 0.1) is 0 Å². The molecule has 1 aromatic rings. The van der Waals surface area contributed by atoms with Crippen molar-refractivity contribution in [2.45, 2.75) is 75.2 Å². The molecule has 1 N–H and O–H groups in total. The van der Waals surface area contributed by atoms with Crippen LogP contribution in [-0.4, -0.2) is 40.2 Å². The van der Waals surface area contributed by atoms with E-state index in [0.29, 0.717) is 12.1 Å². The van der Waals surface area contributed by atoms with Crippen molar-refractivity contribution in [1.82, 2.24) is 15.1 Å². The van der Waals surface area contributed by atoms with Gasteiger partial charge in [0.1, 0.15) is 6.10 Å². The van der Waals surface area contributed by atoms with Gasteiger partial charge in [0.25, 0.3) is 0 Å². The lowest BCUT2D eigenvalue weighted by Gasteiger charge is -2.48.